The second kappa shape index (κ2) is 7.39. The highest BCUT2D eigenvalue weighted by Gasteiger charge is 2.09. The first-order valence-corrected chi connectivity index (χ1v) is 7.75. The van der Waals surface area contributed by atoms with Gasteiger partial charge in [-0.1, -0.05) is 12.1 Å². The Hall–Kier alpha value is -3.48. The molecule has 1 N–H and O–H groups in total. The number of nitro groups is 1. The normalized spacial score (nSPS) is 10.4. The van der Waals surface area contributed by atoms with Gasteiger partial charge in [-0.05, 0) is 42.3 Å². The number of carbonyl (C=O) groups excluding carboxylic acids is 1. The van der Waals surface area contributed by atoms with Crippen LogP contribution in [0.4, 0.5) is 5.69 Å². The molecule has 7 heteroatoms. The smallest absolute Gasteiger partial charge is 0.269 e. The van der Waals surface area contributed by atoms with Crippen LogP contribution >= 0.6 is 0 Å². The zero-order valence-electron chi connectivity index (χ0n) is 13.3. The van der Waals surface area contributed by atoms with E-state index in [0.29, 0.717) is 18.5 Å². The lowest BCUT2D eigenvalue weighted by atomic mass is 10.1. The zero-order chi connectivity index (χ0) is 17.6. The summed E-state index contributed by atoms with van der Waals surface area (Å²) < 4.78 is 1.78. The lowest BCUT2D eigenvalue weighted by Gasteiger charge is -2.07. The standard InChI is InChI=1S/C18H16N4O3/c23-18(15-4-8-17(9-5-15)22(24)25)19-12-10-14-2-6-16(7-3-14)21-13-1-11-20-21/h1-9,11,13H,10,12H2,(H,19,23). The molecule has 0 saturated carbocycles. The average Bonchev–Trinajstić information content (AvgIpc) is 3.17. The van der Waals surface area contributed by atoms with Crippen LogP contribution in [0.1, 0.15) is 15.9 Å². The van der Waals surface area contributed by atoms with Gasteiger partial charge in [-0.15, -0.1) is 0 Å². The number of nitrogens with zero attached hydrogens (tertiary/aromatic N) is 3. The van der Waals surface area contributed by atoms with Gasteiger partial charge in [-0.2, -0.15) is 5.10 Å². The summed E-state index contributed by atoms with van der Waals surface area (Å²) in [6, 6.07) is 15.3. The molecule has 126 valence electrons. The number of carbonyl (C=O) groups is 1. The maximum Gasteiger partial charge on any atom is 0.269 e. The lowest BCUT2D eigenvalue weighted by Crippen LogP contribution is -2.25. The number of nitrogens with one attached hydrogen (secondary N) is 1. The minimum Gasteiger partial charge on any atom is -0.352 e. The van der Waals surface area contributed by atoms with E-state index in [1.54, 1.807) is 10.9 Å². The quantitative estimate of drug-likeness (QED) is 0.553. The minimum absolute atomic E-state index is 0.0335. The maximum atomic E-state index is 12.0. The fourth-order valence-corrected chi connectivity index (χ4v) is 2.39. The largest absolute Gasteiger partial charge is 0.352 e. The third-order valence-electron chi connectivity index (χ3n) is 3.74. The van der Waals surface area contributed by atoms with E-state index in [1.807, 2.05) is 36.5 Å². The first kappa shape index (κ1) is 16.4. The van der Waals surface area contributed by atoms with Crippen molar-refractivity contribution in [3.05, 3.63) is 88.2 Å². The molecule has 0 aliphatic carbocycles. The van der Waals surface area contributed by atoms with Gasteiger partial charge in [0.15, 0.2) is 0 Å². The Labute approximate surface area is 144 Å². The molecule has 0 fully saturated rings. The summed E-state index contributed by atoms with van der Waals surface area (Å²) in [7, 11) is 0. The Morgan fingerprint density at radius 1 is 1.12 bits per heavy atom. The summed E-state index contributed by atoms with van der Waals surface area (Å²) in [6.07, 6.45) is 4.29. The molecule has 2 aromatic carbocycles. The molecule has 0 aliphatic rings. The third kappa shape index (κ3) is 4.08. The van der Waals surface area contributed by atoms with Crippen molar-refractivity contribution in [2.45, 2.75) is 6.42 Å². The van der Waals surface area contributed by atoms with Crippen LogP contribution in [0.3, 0.4) is 0 Å². The molecule has 0 radical (unpaired) electrons. The first-order valence-electron chi connectivity index (χ1n) is 7.75. The fourth-order valence-electron chi connectivity index (χ4n) is 2.39. The van der Waals surface area contributed by atoms with Crippen LogP contribution in [0.25, 0.3) is 5.69 Å². The van der Waals surface area contributed by atoms with Gasteiger partial charge >= 0.3 is 0 Å². The Morgan fingerprint density at radius 3 is 2.44 bits per heavy atom. The van der Waals surface area contributed by atoms with E-state index >= 15 is 0 Å². The number of rotatable bonds is 6. The highest BCUT2D eigenvalue weighted by Crippen LogP contribution is 2.12. The van der Waals surface area contributed by atoms with Crippen LogP contribution in [-0.2, 0) is 6.42 Å². The molecular weight excluding hydrogens is 320 g/mol. The van der Waals surface area contributed by atoms with Gasteiger partial charge in [0.2, 0.25) is 0 Å². The first-order chi connectivity index (χ1) is 12.1. The topological polar surface area (TPSA) is 90.1 Å². The molecule has 1 amide bonds. The summed E-state index contributed by atoms with van der Waals surface area (Å²) in [6.45, 7) is 0.483. The number of hydrogen-bond donors (Lipinski definition) is 1. The molecule has 0 atom stereocenters. The number of non-ortho nitro benzene ring substituents is 1. The zero-order valence-corrected chi connectivity index (χ0v) is 13.3. The van der Waals surface area contributed by atoms with Gasteiger partial charge < -0.3 is 5.32 Å². The molecule has 0 aliphatic heterocycles. The van der Waals surface area contributed by atoms with E-state index < -0.39 is 4.92 Å². The van der Waals surface area contributed by atoms with Crippen LogP contribution in [0.15, 0.2) is 67.0 Å². The molecule has 7 nitrogen and oxygen atoms in total. The molecule has 25 heavy (non-hydrogen) atoms. The molecule has 1 heterocycles. The van der Waals surface area contributed by atoms with Gasteiger partial charge in [-0.3, -0.25) is 14.9 Å². The summed E-state index contributed by atoms with van der Waals surface area (Å²) in [5.74, 6) is -0.247. The van der Waals surface area contributed by atoms with Crippen molar-refractivity contribution in [2.75, 3.05) is 6.54 Å². The number of amides is 1. The molecule has 3 rings (SSSR count). The second-order valence-electron chi connectivity index (χ2n) is 5.43. The van der Waals surface area contributed by atoms with Crippen molar-refractivity contribution in [1.82, 2.24) is 15.1 Å². The number of hydrogen-bond acceptors (Lipinski definition) is 4. The Bertz CT molecular complexity index is 856. The predicted octanol–water partition coefficient (Wildman–Crippen LogP) is 2.75. The van der Waals surface area contributed by atoms with E-state index in [2.05, 4.69) is 10.4 Å². The lowest BCUT2D eigenvalue weighted by molar-refractivity contribution is -0.384. The Balaban J connectivity index is 1.52. The van der Waals surface area contributed by atoms with Crippen molar-refractivity contribution in [3.8, 4) is 5.69 Å². The van der Waals surface area contributed by atoms with E-state index in [0.717, 1.165) is 11.3 Å². The van der Waals surface area contributed by atoms with Crippen molar-refractivity contribution < 1.29 is 9.72 Å². The van der Waals surface area contributed by atoms with Crippen LogP contribution in [0.5, 0.6) is 0 Å². The van der Waals surface area contributed by atoms with Gasteiger partial charge in [-0.25, -0.2) is 4.68 Å². The highest BCUT2D eigenvalue weighted by atomic mass is 16.6. The molecule has 0 saturated heterocycles. The summed E-state index contributed by atoms with van der Waals surface area (Å²) >= 11 is 0. The summed E-state index contributed by atoms with van der Waals surface area (Å²) in [5.41, 5.74) is 2.44. The van der Waals surface area contributed by atoms with Crippen molar-refractivity contribution in [2.24, 2.45) is 0 Å². The van der Waals surface area contributed by atoms with E-state index in [4.69, 9.17) is 0 Å². The SMILES string of the molecule is O=C(NCCc1ccc(-n2cccn2)cc1)c1ccc([N+](=O)[O-])cc1. The highest BCUT2D eigenvalue weighted by molar-refractivity contribution is 5.94. The van der Waals surface area contributed by atoms with Crippen molar-refractivity contribution in [3.63, 3.8) is 0 Å². The van der Waals surface area contributed by atoms with Crippen LogP contribution in [0, 0.1) is 10.1 Å². The summed E-state index contributed by atoms with van der Waals surface area (Å²) in [5, 5.41) is 17.6. The minimum atomic E-state index is -0.491. The summed E-state index contributed by atoms with van der Waals surface area (Å²) in [4.78, 5) is 22.2. The monoisotopic (exact) mass is 336 g/mol. The predicted molar refractivity (Wildman–Crippen MR) is 92.7 cm³/mol. The third-order valence-corrected chi connectivity index (χ3v) is 3.74. The van der Waals surface area contributed by atoms with Crippen molar-refractivity contribution in [1.29, 1.82) is 0 Å². The van der Waals surface area contributed by atoms with Gasteiger partial charge in [0.1, 0.15) is 0 Å². The van der Waals surface area contributed by atoms with Crippen LogP contribution in [-0.4, -0.2) is 27.2 Å². The molecule has 1 aromatic heterocycles. The Morgan fingerprint density at radius 2 is 1.84 bits per heavy atom. The number of aromatic nitrogens is 2. The molecule has 0 unspecified atom stereocenters. The van der Waals surface area contributed by atoms with Crippen LogP contribution < -0.4 is 5.32 Å². The number of nitro benzene ring substituents is 1. The molecule has 0 spiro atoms. The molecule has 3 aromatic rings. The average molecular weight is 336 g/mol. The Kier molecular flexibility index (Phi) is 4.84. The van der Waals surface area contributed by atoms with Gasteiger partial charge in [0.25, 0.3) is 11.6 Å². The van der Waals surface area contributed by atoms with Crippen molar-refractivity contribution >= 4 is 11.6 Å². The van der Waals surface area contributed by atoms with Gasteiger partial charge in [0.05, 0.1) is 10.6 Å². The van der Waals surface area contributed by atoms with E-state index in [1.165, 1.54) is 24.3 Å². The van der Waals surface area contributed by atoms with E-state index in [9.17, 15) is 14.9 Å². The fraction of sp³-hybridized carbons (Fsp3) is 0.111. The number of benzene rings is 2. The van der Waals surface area contributed by atoms with E-state index in [-0.39, 0.29) is 11.6 Å². The molecule has 0 bridgehead atoms. The maximum absolute atomic E-state index is 12.0. The molecular formula is C18H16N4O3. The van der Waals surface area contributed by atoms with Gasteiger partial charge in [0, 0.05) is 36.6 Å². The second-order valence-corrected chi connectivity index (χ2v) is 5.43. The van der Waals surface area contributed by atoms with Crippen LogP contribution in [0.2, 0.25) is 0 Å².